The molecule has 0 aliphatic carbocycles. The number of hydrogen-bond acceptors (Lipinski definition) is 2. The van der Waals surface area contributed by atoms with Gasteiger partial charge in [-0.25, -0.2) is 0 Å². The van der Waals surface area contributed by atoms with Crippen LogP contribution in [0.2, 0.25) is 0 Å². The summed E-state index contributed by atoms with van der Waals surface area (Å²) >= 11 is 0. The maximum absolute atomic E-state index is 5.17. The van der Waals surface area contributed by atoms with Gasteiger partial charge in [-0.1, -0.05) is 0 Å². The second-order valence-electron chi connectivity index (χ2n) is 3.41. The van der Waals surface area contributed by atoms with Crippen molar-refractivity contribution in [3.63, 3.8) is 0 Å². The van der Waals surface area contributed by atoms with Crippen molar-refractivity contribution < 1.29 is 0 Å². The van der Waals surface area contributed by atoms with Gasteiger partial charge < -0.3 is 9.80 Å². The van der Waals surface area contributed by atoms with Crippen LogP contribution in [0.3, 0.4) is 0 Å². The van der Waals surface area contributed by atoms with Crippen LogP contribution in [0.4, 0.5) is 0 Å². The predicted molar refractivity (Wildman–Crippen MR) is 54.1 cm³/mol. The largest absolute Gasteiger partial charge is 0.309 e. The van der Waals surface area contributed by atoms with E-state index in [9.17, 15) is 0 Å². The van der Waals surface area contributed by atoms with Gasteiger partial charge in [-0.2, -0.15) is 0 Å². The van der Waals surface area contributed by atoms with Gasteiger partial charge in [0.2, 0.25) is 0 Å². The van der Waals surface area contributed by atoms with Crippen molar-refractivity contribution in [3.8, 4) is 12.3 Å². The van der Waals surface area contributed by atoms with Crippen molar-refractivity contribution in [3.05, 3.63) is 0 Å². The molecule has 0 atom stereocenters. The minimum absolute atomic E-state index is 0.860. The molecule has 0 aromatic carbocycles. The molecule has 0 aliphatic heterocycles. The van der Waals surface area contributed by atoms with Gasteiger partial charge in [0.25, 0.3) is 0 Å². The van der Waals surface area contributed by atoms with Crippen LogP contribution in [0.25, 0.3) is 0 Å². The zero-order valence-corrected chi connectivity index (χ0v) is 8.51. The molecule has 0 N–H and O–H groups in total. The number of rotatable bonds is 6. The zero-order chi connectivity index (χ0) is 9.40. The third kappa shape index (κ3) is 7.59. The van der Waals surface area contributed by atoms with Crippen molar-refractivity contribution in [2.45, 2.75) is 12.8 Å². The molecule has 0 fully saturated rings. The molecule has 0 amide bonds. The first-order valence-electron chi connectivity index (χ1n) is 4.43. The van der Waals surface area contributed by atoms with E-state index in [2.05, 4.69) is 36.9 Å². The van der Waals surface area contributed by atoms with Crippen molar-refractivity contribution in [2.75, 3.05) is 40.8 Å². The van der Waals surface area contributed by atoms with Crippen molar-refractivity contribution in [1.29, 1.82) is 0 Å². The Hall–Kier alpha value is -0.520. The lowest BCUT2D eigenvalue weighted by atomic mass is 10.3. The Morgan fingerprint density at radius 3 is 2.25 bits per heavy atom. The van der Waals surface area contributed by atoms with E-state index in [1.165, 1.54) is 6.42 Å². The summed E-state index contributed by atoms with van der Waals surface area (Å²) in [4.78, 5) is 4.48. The molecule has 0 unspecified atom stereocenters. The lowest BCUT2D eigenvalue weighted by molar-refractivity contribution is 0.306. The first kappa shape index (κ1) is 11.5. The van der Waals surface area contributed by atoms with Crippen LogP contribution in [-0.4, -0.2) is 50.6 Å². The molecule has 70 valence electrons. The van der Waals surface area contributed by atoms with Crippen molar-refractivity contribution >= 4 is 0 Å². The number of hydrogen-bond donors (Lipinski definition) is 0. The summed E-state index contributed by atoms with van der Waals surface area (Å²) in [5.74, 6) is 2.65. The van der Waals surface area contributed by atoms with E-state index in [-0.39, 0.29) is 0 Å². The van der Waals surface area contributed by atoms with Gasteiger partial charge in [0.15, 0.2) is 0 Å². The normalized spacial score (nSPS) is 10.7. The Labute approximate surface area is 76.5 Å². The second-order valence-corrected chi connectivity index (χ2v) is 3.41. The van der Waals surface area contributed by atoms with Crippen LogP contribution in [0.1, 0.15) is 12.8 Å². The Bertz CT molecular complexity index is 135. The third-order valence-electron chi connectivity index (χ3n) is 1.78. The van der Waals surface area contributed by atoms with E-state index in [0.717, 1.165) is 26.1 Å². The quantitative estimate of drug-likeness (QED) is 0.544. The van der Waals surface area contributed by atoms with Crippen LogP contribution in [-0.2, 0) is 0 Å². The van der Waals surface area contributed by atoms with Gasteiger partial charge in [0.05, 0.1) is 0 Å². The van der Waals surface area contributed by atoms with Gasteiger partial charge in [-0.05, 0) is 40.7 Å². The summed E-state index contributed by atoms with van der Waals surface area (Å²) < 4.78 is 0. The molecule has 0 bridgehead atoms. The highest BCUT2D eigenvalue weighted by atomic mass is 15.1. The molecule has 0 aromatic rings. The maximum Gasteiger partial charge on any atom is 0.0214 e. The second kappa shape index (κ2) is 7.15. The lowest BCUT2D eigenvalue weighted by Gasteiger charge is -2.16. The predicted octanol–water partition coefficient (Wildman–Crippen LogP) is 0.893. The summed E-state index contributed by atoms with van der Waals surface area (Å²) in [5, 5.41) is 0. The SMILES string of the molecule is C#CCCN(C)CCCN(C)C. The highest BCUT2D eigenvalue weighted by Crippen LogP contribution is 1.90. The van der Waals surface area contributed by atoms with Gasteiger partial charge in [0, 0.05) is 13.0 Å². The Kier molecular flexibility index (Phi) is 6.84. The van der Waals surface area contributed by atoms with E-state index in [1.807, 2.05) is 0 Å². The molecule has 0 saturated heterocycles. The molecule has 2 heteroatoms. The fraction of sp³-hybridized carbons (Fsp3) is 0.800. The highest BCUT2D eigenvalue weighted by molar-refractivity contribution is 4.84. The molecular weight excluding hydrogens is 148 g/mol. The van der Waals surface area contributed by atoms with Gasteiger partial charge >= 0.3 is 0 Å². The Morgan fingerprint density at radius 2 is 1.75 bits per heavy atom. The molecule has 0 aliphatic rings. The molecule has 0 saturated carbocycles. The van der Waals surface area contributed by atoms with Crippen LogP contribution >= 0.6 is 0 Å². The standard InChI is InChI=1S/C10H20N2/c1-5-6-9-12(4)10-7-8-11(2)3/h1H,6-10H2,2-4H3. The Balaban J connectivity index is 3.20. The minimum Gasteiger partial charge on any atom is -0.309 e. The van der Waals surface area contributed by atoms with E-state index in [0.29, 0.717) is 0 Å². The molecule has 0 radical (unpaired) electrons. The maximum atomic E-state index is 5.17. The van der Waals surface area contributed by atoms with Crippen LogP contribution in [0.5, 0.6) is 0 Å². The van der Waals surface area contributed by atoms with Crippen molar-refractivity contribution in [1.82, 2.24) is 9.80 Å². The lowest BCUT2D eigenvalue weighted by Crippen LogP contribution is -2.24. The topological polar surface area (TPSA) is 6.48 Å². The molecule has 0 heterocycles. The fourth-order valence-electron chi connectivity index (χ4n) is 1.02. The van der Waals surface area contributed by atoms with E-state index in [4.69, 9.17) is 6.42 Å². The Morgan fingerprint density at radius 1 is 1.08 bits per heavy atom. The molecule has 0 spiro atoms. The molecular formula is C10H20N2. The monoisotopic (exact) mass is 168 g/mol. The third-order valence-corrected chi connectivity index (χ3v) is 1.78. The van der Waals surface area contributed by atoms with Crippen LogP contribution in [0.15, 0.2) is 0 Å². The number of nitrogens with zero attached hydrogens (tertiary/aromatic N) is 2. The average molecular weight is 168 g/mol. The van der Waals surface area contributed by atoms with E-state index >= 15 is 0 Å². The van der Waals surface area contributed by atoms with Gasteiger partial charge in [-0.15, -0.1) is 12.3 Å². The summed E-state index contributed by atoms with van der Waals surface area (Å²) in [7, 11) is 6.32. The summed E-state index contributed by atoms with van der Waals surface area (Å²) in [6.07, 6.45) is 7.24. The molecule has 12 heavy (non-hydrogen) atoms. The van der Waals surface area contributed by atoms with E-state index < -0.39 is 0 Å². The highest BCUT2D eigenvalue weighted by Gasteiger charge is 1.96. The number of terminal acetylenes is 1. The minimum atomic E-state index is 0.860. The first-order valence-corrected chi connectivity index (χ1v) is 4.43. The van der Waals surface area contributed by atoms with Crippen molar-refractivity contribution in [2.24, 2.45) is 0 Å². The molecule has 0 rings (SSSR count). The molecule has 0 aromatic heterocycles. The average Bonchev–Trinajstić information content (AvgIpc) is 2.00. The first-order chi connectivity index (χ1) is 5.66. The van der Waals surface area contributed by atoms with Gasteiger partial charge in [0.1, 0.15) is 0 Å². The summed E-state index contributed by atoms with van der Waals surface area (Å²) in [6.45, 7) is 3.31. The summed E-state index contributed by atoms with van der Waals surface area (Å²) in [5.41, 5.74) is 0. The van der Waals surface area contributed by atoms with Crippen LogP contribution < -0.4 is 0 Å². The molecule has 2 nitrogen and oxygen atoms in total. The fourth-order valence-corrected chi connectivity index (χ4v) is 1.02. The van der Waals surface area contributed by atoms with E-state index in [1.54, 1.807) is 0 Å². The zero-order valence-electron chi connectivity index (χ0n) is 8.51. The van der Waals surface area contributed by atoms with Crippen LogP contribution in [0, 0.1) is 12.3 Å². The van der Waals surface area contributed by atoms with Gasteiger partial charge in [-0.3, -0.25) is 0 Å². The summed E-state index contributed by atoms with van der Waals surface area (Å²) in [6, 6.07) is 0. The smallest absolute Gasteiger partial charge is 0.0214 e.